The first-order valence-electron chi connectivity index (χ1n) is 5.74. The molecular weight excluding hydrogens is 250 g/mol. The van der Waals surface area contributed by atoms with Crippen LogP contribution in [0.3, 0.4) is 0 Å². The fourth-order valence-corrected chi connectivity index (χ4v) is 1.97. The molecule has 0 amide bonds. The summed E-state index contributed by atoms with van der Waals surface area (Å²) in [7, 11) is 0. The van der Waals surface area contributed by atoms with Gasteiger partial charge in [0.05, 0.1) is 6.42 Å². The van der Waals surface area contributed by atoms with Gasteiger partial charge >= 0.3 is 5.97 Å². The lowest BCUT2D eigenvalue weighted by Gasteiger charge is -2.09. The Balaban J connectivity index is 2.52. The van der Waals surface area contributed by atoms with Crippen LogP contribution in [0, 0.1) is 18.6 Å². The summed E-state index contributed by atoms with van der Waals surface area (Å²) in [5.41, 5.74) is 1.42. The number of aliphatic carboxylic acids is 1. The van der Waals surface area contributed by atoms with Gasteiger partial charge in [0.2, 0.25) is 0 Å². The molecule has 0 radical (unpaired) electrons. The van der Waals surface area contributed by atoms with Crippen molar-refractivity contribution in [2.75, 3.05) is 0 Å². The number of hydrogen-bond donors (Lipinski definition) is 1. The topological polar surface area (TPSA) is 37.3 Å². The Hall–Kier alpha value is -2.23. The van der Waals surface area contributed by atoms with Crippen molar-refractivity contribution in [2.45, 2.75) is 13.3 Å². The second-order valence-corrected chi connectivity index (χ2v) is 4.31. The van der Waals surface area contributed by atoms with Crippen LogP contribution in [0.25, 0.3) is 11.1 Å². The number of carboxylic acids is 1. The second-order valence-electron chi connectivity index (χ2n) is 4.31. The van der Waals surface area contributed by atoms with E-state index in [1.165, 1.54) is 0 Å². The molecule has 0 unspecified atom stereocenters. The van der Waals surface area contributed by atoms with Crippen LogP contribution in [0.5, 0.6) is 0 Å². The van der Waals surface area contributed by atoms with Gasteiger partial charge in [-0.2, -0.15) is 0 Å². The van der Waals surface area contributed by atoms with E-state index in [2.05, 4.69) is 0 Å². The van der Waals surface area contributed by atoms with E-state index in [0.717, 1.165) is 17.7 Å². The minimum absolute atomic E-state index is 0.143. The number of carbonyl (C=O) groups is 1. The molecule has 2 aromatic carbocycles. The van der Waals surface area contributed by atoms with Crippen molar-refractivity contribution in [1.29, 1.82) is 0 Å². The first-order chi connectivity index (χ1) is 8.99. The number of hydrogen-bond acceptors (Lipinski definition) is 1. The molecule has 4 heteroatoms. The van der Waals surface area contributed by atoms with Gasteiger partial charge < -0.3 is 5.11 Å². The van der Waals surface area contributed by atoms with Crippen molar-refractivity contribution in [3.8, 4) is 11.1 Å². The Morgan fingerprint density at radius 3 is 2.42 bits per heavy atom. The van der Waals surface area contributed by atoms with E-state index in [1.807, 2.05) is 6.07 Å². The van der Waals surface area contributed by atoms with Crippen LogP contribution >= 0.6 is 0 Å². The summed E-state index contributed by atoms with van der Waals surface area (Å²) in [4.78, 5) is 10.6. The zero-order chi connectivity index (χ0) is 14.0. The van der Waals surface area contributed by atoms with Crippen LogP contribution in [-0.4, -0.2) is 11.1 Å². The molecule has 0 aromatic heterocycles. The molecule has 98 valence electrons. The molecule has 0 saturated carbocycles. The summed E-state index contributed by atoms with van der Waals surface area (Å²) < 4.78 is 27.8. The lowest BCUT2D eigenvalue weighted by molar-refractivity contribution is -0.136. The van der Waals surface area contributed by atoms with Crippen LogP contribution < -0.4 is 0 Å². The van der Waals surface area contributed by atoms with Gasteiger partial charge in [0, 0.05) is 11.1 Å². The zero-order valence-electron chi connectivity index (χ0n) is 10.3. The maximum absolute atomic E-state index is 14.0. The summed E-state index contributed by atoms with van der Waals surface area (Å²) >= 11 is 0. The minimum Gasteiger partial charge on any atom is -0.481 e. The molecule has 2 rings (SSSR count). The van der Waals surface area contributed by atoms with E-state index in [4.69, 9.17) is 5.11 Å². The molecule has 2 nitrogen and oxygen atoms in total. The Morgan fingerprint density at radius 1 is 1.11 bits per heavy atom. The first-order valence-corrected chi connectivity index (χ1v) is 5.74. The number of benzene rings is 2. The third-order valence-electron chi connectivity index (χ3n) is 2.91. The standard InChI is InChI=1S/C15H12F2O2/c1-9-4-2-3-5-11(9)12-8-13(16)10(6-14(12)17)7-15(18)19/h2-6,8H,7H2,1H3,(H,18,19). The van der Waals surface area contributed by atoms with E-state index in [1.54, 1.807) is 25.1 Å². The number of aryl methyl sites for hydroxylation is 1. The molecule has 0 aliphatic rings. The largest absolute Gasteiger partial charge is 0.481 e. The summed E-state index contributed by atoms with van der Waals surface area (Å²) in [6, 6.07) is 9.06. The zero-order valence-corrected chi connectivity index (χ0v) is 10.3. The SMILES string of the molecule is Cc1ccccc1-c1cc(F)c(CC(=O)O)cc1F. The number of carboxylic acid groups (broad SMARTS) is 1. The predicted octanol–water partition coefficient (Wildman–Crippen LogP) is 3.57. The van der Waals surface area contributed by atoms with Gasteiger partial charge in [-0.05, 0) is 30.2 Å². The highest BCUT2D eigenvalue weighted by Gasteiger charge is 2.14. The molecule has 0 bridgehead atoms. The van der Waals surface area contributed by atoms with Crippen molar-refractivity contribution >= 4 is 5.97 Å². The lowest BCUT2D eigenvalue weighted by atomic mass is 9.98. The van der Waals surface area contributed by atoms with Crippen LogP contribution in [0.1, 0.15) is 11.1 Å². The van der Waals surface area contributed by atoms with E-state index in [0.29, 0.717) is 5.56 Å². The average Bonchev–Trinajstić information content (AvgIpc) is 2.34. The molecule has 0 spiro atoms. The average molecular weight is 262 g/mol. The molecule has 1 N–H and O–H groups in total. The molecule has 19 heavy (non-hydrogen) atoms. The van der Waals surface area contributed by atoms with Crippen LogP contribution in [0.15, 0.2) is 36.4 Å². The van der Waals surface area contributed by atoms with Gasteiger partial charge in [-0.15, -0.1) is 0 Å². The third-order valence-corrected chi connectivity index (χ3v) is 2.91. The number of rotatable bonds is 3. The molecule has 0 heterocycles. The highest BCUT2D eigenvalue weighted by molar-refractivity contribution is 5.72. The van der Waals surface area contributed by atoms with Crippen molar-refractivity contribution in [2.24, 2.45) is 0 Å². The van der Waals surface area contributed by atoms with Crippen molar-refractivity contribution in [3.05, 3.63) is 59.2 Å². The van der Waals surface area contributed by atoms with Gasteiger partial charge in [-0.3, -0.25) is 4.79 Å². The van der Waals surface area contributed by atoms with E-state index >= 15 is 0 Å². The molecular formula is C15H12F2O2. The Labute approximate surface area is 109 Å². The lowest BCUT2D eigenvalue weighted by Crippen LogP contribution is -2.04. The van der Waals surface area contributed by atoms with E-state index < -0.39 is 24.0 Å². The van der Waals surface area contributed by atoms with Gasteiger partial charge in [0.15, 0.2) is 0 Å². The minimum atomic E-state index is -1.19. The van der Waals surface area contributed by atoms with Gasteiger partial charge in [-0.1, -0.05) is 24.3 Å². The summed E-state index contributed by atoms with van der Waals surface area (Å²) in [5.74, 6) is -2.52. The van der Waals surface area contributed by atoms with Crippen LogP contribution in [0.4, 0.5) is 8.78 Å². The van der Waals surface area contributed by atoms with E-state index in [9.17, 15) is 13.6 Å². The smallest absolute Gasteiger partial charge is 0.307 e. The second kappa shape index (κ2) is 5.18. The normalized spacial score (nSPS) is 10.5. The summed E-state index contributed by atoms with van der Waals surface area (Å²) in [5, 5.41) is 8.62. The fourth-order valence-electron chi connectivity index (χ4n) is 1.97. The molecule has 0 atom stereocenters. The number of halogens is 2. The highest BCUT2D eigenvalue weighted by Crippen LogP contribution is 2.28. The molecule has 0 aliphatic carbocycles. The van der Waals surface area contributed by atoms with Crippen LogP contribution in [-0.2, 0) is 11.2 Å². The first kappa shape index (κ1) is 13.2. The summed E-state index contributed by atoms with van der Waals surface area (Å²) in [6.07, 6.45) is -0.531. The quantitative estimate of drug-likeness (QED) is 0.918. The Morgan fingerprint density at radius 2 is 1.79 bits per heavy atom. The molecule has 2 aromatic rings. The van der Waals surface area contributed by atoms with Gasteiger partial charge in [-0.25, -0.2) is 8.78 Å². The van der Waals surface area contributed by atoms with Crippen molar-refractivity contribution < 1.29 is 18.7 Å². The molecule has 0 fully saturated rings. The third kappa shape index (κ3) is 2.78. The Bertz CT molecular complexity index is 636. The maximum atomic E-state index is 14.0. The monoisotopic (exact) mass is 262 g/mol. The van der Waals surface area contributed by atoms with Crippen LogP contribution in [0.2, 0.25) is 0 Å². The van der Waals surface area contributed by atoms with Crippen molar-refractivity contribution in [1.82, 2.24) is 0 Å². The molecule has 0 saturated heterocycles. The maximum Gasteiger partial charge on any atom is 0.307 e. The van der Waals surface area contributed by atoms with E-state index in [-0.39, 0.29) is 11.1 Å². The van der Waals surface area contributed by atoms with Gasteiger partial charge in [0.25, 0.3) is 0 Å². The predicted molar refractivity (Wildman–Crippen MR) is 67.9 cm³/mol. The summed E-state index contributed by atoms with van der Waals surface area (Å²) in [6.45, 7) is 1.80. The van der Waals surface area contributed by atoms with Crippen molar-refractivity contribution in [3.63, 3.8) is 0 Å². The fraction of sp³-hybridized carbons (Fsp3) is 0.133. The molecule has 0 aliphatic heterocycles. The van der Waals surface area contributed by atoms with Gasteiger partial charge in [0.1, 0.15) is 11.6 Å². The Kier molecular flexibility index (Phi) is 3.60. The highest BCUT2D eigenvalue weighted by atomic mass is 19.1.